The van der Waals surface area contributed by atoms with Crippen LogP contribution >= 0.6 is 0 Å². The largest absolute Gasteiger partial charge is 0.491 e. The number of hydrogen-bond acceptors (Lipinski definition) is 3. The van der Waals surface area contributed by atoms with Crippen molar-refractivity contribution in [3.05, 3.63) is 29.8 Å². The van der Waals surface area contributed by atoms with E-state index in [9.17, 15) is 4.79 Å². The van der Waals surface area contributed by atoms with Crippen molar-refractivity contribution in [1.29, 1.82) is 0 Å². The molecule has 122 valence electrons. The van der Waals surface area contributed by atoms with Gasteiger partial charge in [-0.25, -0.2) is 0 Å². The smallest absolute Gasteiger partial charge is 0.240 e. The Labute approximate surface area is 133 Å². The molecule has 2 rings (SSSR count). The van der Waals surface area contributed by atoms with Crippen molar-refractivity contribution in [1.82, 2.24) is 10.6 Å². The molecule has 1 aliphatic heterocycles. The average Bonchev–Trinajstić information content (AvgIpc) is 2.97. The second-order valence-electron chi connectivity index (χ2n) is 6.40. The second-order valence-corrected chi connectivity index (χ2v) is 6.40. The van der Waals surface area contributed by atoms with Gasteiger partial charge in [-0.15, -0.1) is 0 Å². The third-order valence-corrected chi connectivity index (χ3v) is 4.36. The summed E-state index contributed by atoms with van der Waals surface area (Å²) in [4.78, 5) is 12.6. The molecule has 22 heavy (non-hydrogen) atoms. The molecule has 1 heterocycles. The van der Waals surface area contributed by atoms with Gasteiger partial charge in [0.05, 0.1) is 17.7 Å². The van der Waals surface area contributed by atoms with E-state index in [2.05, 4.69) is 17.6 Å². The van der Waals surface area contributed by atoms with Gasteiger partial charge in [0.2, 0.25) is 5.91 Å². The molecule has 0 aromatic heterocycles. The molecule has 2 N–H and O–H groups in total. The number of carbonyl (C=O) groups is 1. The van der Waals surface area contributed by atoms with Crippen LogP contribution in [0.2, 0.25) is 0 Å². The van der Waals surface area contributed by atoms with E-state index in [1.807, 2.05) is 45.0 Å². The second kappa shape index (κ2) is 7.14. The standard InChI is InChI=1S/C18H28N2O2/c1-5-18(10-7-11-19-18)17(21)20-14(4)15-8-6-9-16(12-15)22-13(2)3/h6,8-9,12-14,19H,5,7,10-11H2,1-4H3,(H,20,21). The van der Waals surface area contributed by atoms with Gasteiger partial charge in [0.1, 0.15) is 5.75 Å². The molecule has 1 aromatic rings. The lowest BCUT2D eigenvalue weighted by Crippen LogP contribution is -2.53. The molecule has 0 saturated carbocycles. The monoisotopic (exact) mass is 304 g/mol. The SMILES string of the molecule is CCC1(C(=O)NC(C)c2cccc(OC(C)C)c2)CCCN1. The Kier molecular flexibility index (Phi) is 5.46. The van der Waals surface area contributed by atoms with Crippen molar-refractivity contribution in [3.63, 3.8) is 0 Å². The van der Waals surface area contributed by atoms with Gasteiger partial charge in [-0.2, -0.15) is 0 Å². The molecule has 0 spiro atoms. The van der Waals surface area contributed by atoms with E-state index in [0.717, 1.165) is 37.1 Å². The zero-order chi connectivity index (χ0) is 16.2. The molecule has 4 heteroatoms. The van der Waals surface area contributed by atoms with Crippen LogP contribution in [0.5, 0.6) is 5.75 Å². The molecule has 0 bridgehead atoms. The van der Waals surface area contributed by atoms with Gasteiger partial charge < -0.3 is 15.4 Å². The molecule has 1 aliphatic rings. The zero-order valence-corrected chi connectivity index (χ0v) is 14.1. The fraction of sp³-hybridized carbons (Fsp3) is 0.611. The Morgan fingerprint density at radius 3 is 2.77 bits per heavy atom. The van der Waals surface area contributed by atoms with Crippen LogP contribution in [0.3, 0.4) is 0 Å². The van der Waals surface area contributed by atoms with Crippen molar-refractivity contribution in [2.75, 3.05) is 6.54 Å². The average molecular weight is 304 g/mol. The van der Waals surface area contributed by atoms with Gasteiger partial charge in [0.25, 0.3) is 0 Å². The molecule has 0 radical (unpaired) electrons. The van der Waals surface area contributed by atoms with E-state index >= 15 is 0 Å². The van der Waals surface area contributed by atoms with Gasteiger partial charge in [0, 0.05) is 0 Å². The predicted octanol–water partition coefficient (Wildman–Crippen LogP) is 3.18. The van der Waals surface area contributed by atoms with Gasteiger partial charge in [-0.3, -0.25) is 4.79 Å². The Morgan fingerprint density at radius 1 is 1.41 bits per heavy atom. The Hall–Kier alpha value is -1.55. The molecule has 1 fully saturated rings. The van der Waals surface area contributed by atoms with Crippen LogP contribution in [0.4, 0.5) is 0 Å². The summed E-state index contributed by atoms with van der Waals surface area (Å²) in [5.41, 5.74) is 0.677. The summed E-state index contributed by atoms with van der Waals surface area (Å²) in [6.45, 7) is 9.03. The zero-order valence-electron chi connectivity index (χ0n) is 14.1. The predicted molar refractivity (Wildman–Crippen MR) is 89.0 cm³/mol. The van der Waals surface area contributed by atoms with Gasteiger partial charge >= 0.3 is 0 Å². The van der Waals surface area contributed by atoms with E-state index in [0.29, 0.717) is 0 Å². The highest BCUT2D eigenvalue weighted by molar-refractivity contribution is 5.87. The number of benzene rings is 1. The first-order valence-corrected chi connectivity index (χ1v) is 8.29. The molecule has 4 nitrogen and oxygen atoms in total. The van der Waals surface area contributed by atoms with E-state index < -0.39 is 0 Å². The molecular weight excluding hydrogens is 276 g/mol. The van der Waals surface area contributed by atoms with Crippen molar-refractivity contribution in [2.45, 2.75) is 64.6 Å². The third kappa shape index (κ3) is 3.80. The molecule has 1 aromatic carbocycles. The summed E-state index contributed by atoms with van der Waals surface area (Å²) < 4.78 is 5.73. The summed E-state index contributed by atoms with van der Waals surface area (Å²) in [7, 11) is 0. The lowest BCUT2D eigenvalue weighted by molar-refractivity contribution is -0.128. The Bertz CT molecular complexity index is 508. The normalized spacial score (nSPS) is 22.6. The number of hydrogen-bond donors (Lipinski definition) is 2. The van der Waals surface area contributed by atoms with Crippen LogP contribution in [-0.2, 0) is 4.79 Å². The van der Waals surface area contributed by atoms with Crippen molar-refractivity contribution < 1.29 is 9.53 Å². The lowest BCUT2D eigenvalue weighted by Gasteiger charge is -2.29. The minimum absolute atomic E-state index is 0.0333. The third-order valence-electron chi connectivity index (χ3n) is 4.36. The van der Waals surface area contributed by atoms with Crippen molar-refractivity contribution >= 4 is 5.91 Å². The highest BCUT2D eigenvalue weighted by Gasteiger charge is 2.39. The summed E-state index contributed by atoms with van der Waals surface area (Å²) in [6.07, 6.45) is 2.94. The maximum atomic E-state index is 12.6. The van der Waals surface area contributed by atoms with E-state index in [1.165, 1.54) is 0 Å². The molecule has 2 unspecified atom stereocenters. The minimum atomic E-state index is -0.389. The van der Waals surface area contributed by atoms with Crippen LogP contribution in [-0.4, -0.2) is 24.1 Å². The van der Waals surface area contributed by atoms with E-state index in [1.54, 1.807) is 0 Å². The van der Waals surface area contributed by atoms with Gasteiger partial charge in [-0.1, -0.05) is 19.1 Å². The van der Waals surface area contributed by atoms with Crippen LogP contribution in [0.1, 0.15) is 58.6 Å². The summed E-state index contributed by atoms with van der Waals surface area (Å²) in [5.74, 6) is 0.952. The van der Waals surface area contributed by atoms with Gasteiger partial charge in [-0.05, 0) is 64.3 Å². The van der Waals surface area contributed by atoms with Crippen LogP contribution in [0.15, 0.2) is 24.3 Å². The summed E-state index contributed by atoms with van der Waals surface area (Å²) in [5, 5.41) is 6.53. The number of ether oxygens (including phenoxy) is 1. The lowest BCUT2D eigenvalue weighted by atomic mass is 9.92. The first-order valence-electron chi connectivity index (χ1n) is 8.29. The summed E-state index contributed by atoms with van der Waals surface area (Å²) >= 11 is 0. The molecule has 1 amide bonds. The van der Waals surface area contributed by atoms with Crippen molar-refractivity contribution in [2.24, 2.45) is 0 Å². The van der Waals surface area contributed by atoms with E-state index in [4.69, 9.17) is 4.74 Å². The quantitative estimate of drug-likeness (QED) is 0.848. The van der Waals surface area contributed by atoms with Gasteiger partial charge in [0.15, 0.2) is 0 Å². The minimum Gasteiger partial charge on any atom is -0.491 e. The van der Waals surface area contributed by atoms with Crippen molar-refractivity contribution in [3.8, 4) is 5.75 Å². The molecule has 1 saturated heterocycles. The highest BCUT2D eigenvalue weighted by atomic mass is 16.5. The number of carbonyl (C=O) groups excluding carboxylic acids is 1. The Balaban J connectivity index is 2.05. The number of rotatable bonds is 6. The Morgan fingerprint density at radius 2 is 2.18 bits per heavy atom. The number of nitrogens with one attached hydrogen (secondary N) is 2. The first kappa shape index (κ1) is 16.8. The highest BCUT2D eigenvalue weighted by Crippen LogP contribution is 2.25. The maximum Gasteiger partial charge on any atom is 0.240 e. The topological polar surface area (TPSA) is 50.4 Å². The molecule has 2 atom stereocenters. The van der Waals surface area contributed by atoms with Crippen LogP contribution in [0.25, 0.3) is 0 Å². The molecular formula is C18H28N2O2. The molecule has 0 aliphatic carbocycles. The van der Waals surface area contributed by atoms with E-state index in [-0.39, 0.29) is 23.6 Å². The van der Waals surface area contributed by atoms with Crippen LogP contribution < -0.4 is 15.4 Å². The first-order chi connectivity index (χ1) is 10.5. The van der Waals surface area contributed by atoms with Crippen LogP contribution in [0, 0.1) is 0 Å². The summed E-state index contributed by atoms with van der Waals surface area (Å²) in [6, 6.07) is 7.92. The fourth-order valence-corrected chi connectivity index (χ4v) is 3.01. The maximum absolute atomic E-state index is 12.6. The number of amides is 1. The fourth-order valence-electron chi connectivity index (χ4n) is 3.01.